The summed E-state index contributed by atoms with van der Waals surface area (Å²) in [6.07, 6.45) is 2.83. The van der Waals surface area contributed by atoms with Crippen molar-refractivity contribution < 1.29 is 5.11 Å². The van der Waals surface area contributed by atoms with Crippen LogP contribution in [0.2, 0.25) is 0 Å². The highest BCUT2D eigenvalue weighted by Gasteiger charge is 2.16. The zero-order valence-corrected chi connectivity index (χ0v) is 11.4. The molecular weight excluding hydrogens is 242 g/mol. The molecule has 0 fully saturated rings. The number of rotatable bonds is 7. The first-order valence-corrected chi connectivity index (χ1v) is 7.19. The first-order chi connectivity index (χ1) is 7.53. The minimum atomic E-state index is -0.704. The summed E-state index contributed by atoms with van der Waals surface area (Å²) in [5, 5.41) is 18.7. The second kappa shape index (κ2) is 6.54. The molecular formula is C10H19N3OS2. The topological polar surface area (TPSA) is 72.0 Å². The zero-order valence-electron chi connectivity index (χ0n) is 9.77. The molecule has 92 valence electrons. The summed E-state index contributed by atoms with van der Waals surface area (Å²) >= 11 is 3.36. The van der Waals surface area contributed by atoms with Crippen molar-refractivity contribution in [2.75, 3.05) is 12.3 Å². The van der Waals surface area contributed by atoms with Gasteiger partial charge in [0.25, 0.3) is 0 Å². The average molecular weight is 261 g/mol. The van der Waals surface area contributed by atoms with E-state index in [0.717, 1.165) is 34.4 Å². The van der Waals surface area contributed by atoms with Gasteiger partial charge in [0.05, 0.1) is 5.60 Å². The number of nitrogens with zero attached hydrogens (tertiary/aromatic N) is 2. The highest BCUT2D eigenvalue weighted by molar-refractivity contribution is 8.01. The molecule has 0 radical (unpaired) electrons. The Morgan fingerprint density at radius 3 is 2.75 bits per heavy atom. The molecule has 1 unspecified atom stereocenters. The van der Waals surface area contributed by atoms with Gasteiger partial charge < -0.3 is 10.8 Å². The van der Waals surface area contributed by atoms with Crippen LogP contribution in [0.25, 0.3) is 0 Å². The monoisotopic (exact) mass is 261 g/mol. The Balaban J connectivity index is 2.08. The largest absolute Gasteiger partial charge is 0.389 e. The van der Waals surface area contributed by atoms with Crippen molar-refractivity contribution in [2.45, 2.75) is 43.1 Å². The smallest absolute Gasteiger partial charge is 0.174 e. The lowest BCUT2D eigenvalue weighted by Crippen LogP contribution is -2.33. The molecule has 0 amide bonds. The van der Waals surface area contributed by atoms with Crippen LogP contribution in [0.5, 0.6) is 0 Å². The summed E-state index contributed by atoms with van der Waals surface area (Å²) in [7, 11) is 0. The van der Waals surface area contributed by atoms with Crippen LogP contribution in [0.15, 0.2) is 4.34 Å². The highest BCUT2D eigenvalue weighted by Crippen LogP contribution is 2.23. The maximum atomic E-state index is 9.69. The van der Waals surface area contributed by atoms with E-state index in [-0.39, 0.29) is 0 Å². The van der Waals surface area contributed by atoms with Crippen LogP contribution >= 0.6 is 23.1 Å². The maximum absolute atomic E-state index is 9.69. The van der Waals surface area contributed by atoms with Crippen molar-refractivity contribution in [2.24, 2.45) is 5.73 Å². The van der Waals surface area contributed by atoms with E-state index >= 15 is 0 Å². The summed E-state index contributed by atoms with van der Waals surface area (Å²) in [5.41, 5.74) is 4.74. The van der Waals surface area contributed by atoms with Crippen LogP contribution in [-0.2, 0) is 0 Å². The van der Waals surface area contributed by atoms with Crippen LogP contribution < -0.4 is 5.73 Å². The molecule has 1 heterocycles. The van der Waals surface area contributed by atoms with Gasteiger partial charge in [-0.05, 0) is 33.1 Å². The number of hydrogen-bond donors (Lipinski definition) is 2. The summed E-state index contributed by atoms with van der Waals surface area (Å²) in [4.78, 5) is 0. The molecule has 6 heteroatoms. The van der Waals surface area contributed by atoms with Gasteiger partial charge in [0, 0.05) is 12.3 Å². The summed E-state index contributed by atoms with van der Waals surface area (Å²) in [6.45, 7) is 4.07. The second-order valence-electron chi connectivity index (χ2n) is 4.09. The third kappa shape index (κ3) is 5.25. The molecule has 0 saturated carbocycles. The molecule has 4 nitrogen and oxygen atoms in total. The molecule has 16 heavy (non-hydrogen) atoms. The fourth-order valence-corrected chi connectivity index (χ4v) is 3.09. The van der Waals surface area contributed by atoms with Gasteiger partial charge in [0.2, 0.25) is 0 Å². The Kier molecular flexibility index (Phi) is 5.68. The number of aliphatic hydroxyl groups is 1. The van der Waals surface area contributed by atoms with Crippen molar-refractivity contribution >= 4 is 23.1 Å². The third-order valence-corrected chi connectivity index (χ3v) is 4.34. The standard InChI is InChI=1S/C10H19N3OS2/c1-8-12-13-9(16-8)15-6-4-3-5-10(2,14)7-11/h14H,3-7,11H2,1-2H3. The minimum Gasteiger partial charge on any atom is -0.389 e. The Morgan fingerprint density at radius 2 is 2.19 bits per heavy atom. The molecule has 1 aromatic heterocycles. The lowest BCUT2D eigenvalue weighted by atomic mass is 10.00. The van der Waals surface area contributed by atoms with Crippen molar-refractivity contribution in [1.29, 1.82) is 0 Å². The van der Waals surface area contributed by atoms with E-state index in [2.05, 4.69) is 10.2 Å². The van der Waals surface area contributed by atoms with E-state index in [1.165, 1.54) is 0 Å². The third-order valence-electron chi connectivity index (χ3n) is 2.28. The van der Waals surface area contributed by atoms with Crippen molar-refractivity contribution in [1.82, 2.24) is 10.2 Å². The quantitative estimate of drug-likeness (QED) is 0.578. The fourth-order valence-electron chi connectivity index (χ4n) is 1.21. The lowest BCUT2D eigenvalue weighted by molar-refractivity contribution is 0.0577. The normalized spacial score (nSPS) is 15.0. The molecule has 0 saturated heterocycles. The first-order valence-electron chi connectivity index (χ1n) is 5.39. The van der Waals surface area contributed by atoms with Crippen LogP contribution in [0.1, 0.15) is 31.2 Å². The fraction of sp³-hybridized carbons (Fsp3) is 0.800. The van der Waals surface area contributed by atoms with E-state index in [4.69, 9.17) is 5.73 Å². The molecule has 0 aliphatic rings. The molecule has 1 aromatic rings. The van der Waals surface area contributed by atoms with E-state index in [0.29, 0.717) is 6.54 Å². The molecule has 0 aliphatic carbocycles. The Labute approximate surface area is 105 Å². The van der Waals surface area contributed by atoms with E-state index < -0.39 is 5.60 Å². The molecule has 1 rings (SSSR count). The van der Waals surface area contributed by atoms with Crippen LogP contribution in [-0.4, -0.2) is 33.2 Å². The summed E-state index contributed by atoms with van der Waals surface area (Å²) in [5.74, 6) is 1.02. The van der Waals surface area contributed by atoms with Gasteiger partial charge in [-0.1, -0.05) is 23.1 Å². The van der Waals surface area contributed by atoms with Crippen LogP contribution in [0.4, 0.5) is 0 Å². The van der Waals surface area contributed by atoms with Gasteiger partial charge >= 0.3 is 0 Å². The number of hydrogen-bond acceptors (Lipinski definition) is 6. The number of thioether (sulfide) groups is 1. The maximum Gasteiger partial charge on any atom is 0.174 e. The SMILES string of the molecule is Cc1nnc(SCCCCC(C)(O)CN)s1. The Hall–Kier alpha value is -0.170. The molecule has 3 N–H and O–H groups in total. The Morgan fingerprint density at radius 1 is 1.44 bits per heavy atom. The van der Waals surface area contributed by atoms with Gasteiger partial charge in [0.15, 0.2) is 4.34 Å². The summed E-state index contributed by atoms with van der Waals surface area (Å²) < 4.78 is 1.03. The van der Waals surface area contributed by atoms with Crippen LogP contribution in [0, 0.1) is 6.92 Å². The average Bonchev–Trinajstić information content (AvgIpc) is 2.64. The zero-order chi connectivity index (χ0) is 12.0. The van der Waals surface area contributed by atoms with Gasteiger partial charge in [0.1, 0.15) is 5.01 Å². The number of nitrogens with two attached hydrogens (primary N) is 1. The van der Waals surface area contributed by atoms with Gasteiger partial charge in [-0.25, -0.2) is 0 Å². The predicted molar refractivity (Wildman–Crippen MR) is 68.9 cm³/mol. The molecule has 0 spiro atoms. The number of aryl methyl sites for hydroxylation is 1. The minimum absolute atomic E-state index is 0.329. The van der Waals surface area contributed by atoms with Crippen molar-refractivity contribution in [3.63, 3.8) is 0 Å². The van der Waals surface area contributed by atoms with Gasteiger partial charge in [-0.2, -0.15) is 0 Å². The van der Waals surface area contributed by atoms with Gasteiger partial charge in [-0.15, -0.1) is 10.2 Å². The molecule has 0 aliphatic heterocycles. The number of unbranched alkanes of at least 4 members (excludes halogenated alkanes) is 1. The van der Waals surface area contributed by atoms with Crippen molar-refractivity contribution in [3.8, 4) is 0 Å². The van der Waals surface area contributed by atoms with E-state index in [1.807, 2.05) is 6.92 Å². The van der Waals surface area contributed by atoms with E-state index in [9.17, 15) is 5.11 Å². The predicted octanol–water partition coefficient (Wildman–Crippen LogP) is 1.82. The van der Waals surface area contributed by atoms with E-state index in [1.54, 1.807) is 30.0 Å². The molecule has 1 atom stereocenters. The first kappa shape index (κ1) is 13.9. The lowest BCUT2D eigenvalue weighted by Gasteiger charge is -2.20. The highest BCUT2D eigenvalue weighted by atomic mass is 32.2. The second-order valence-corrected chi connectivity index (χ2v) is 6.62. The Bertz CT molecular complexity index is 315. The van der Waals surface area contributed by atoms with Gasteiger partial charge in [-0.3, -0.25) is 0 Å². The molecule has 0 aromatic carbocycles. The number of aromatic nitrogens is 2. The van der Waals surface area contributed by atoms with Crippen molar-refractivity contribution in [3.05, 3.63) is 5.01 Å². The van der Waals surface area contributed by atoms with Crippen LogP contribution in [0.3, 0.4) is 0 Å². The molecule has 0 bridgehead atoms. The summed E-state index contributed by atoms with van der Waals surface area (Å²) in [6, 6.07) is 0.